The number of anilines is 1. The Morgan fingerprint density at radius 1 is 1.40 bits per heavy atom. The number of nitrogens with one attached hydrogen (secondary N) is 1. The van der Waals surface area contributed by atoms with Crippen LogP contribution in [0.2, 0.25) is 0 Å². The average molecular weight is 277 g/mol. The molecule has 20 heavy (non-hydrogen) atoms. The minimum atomic E-state index is -1.15. The number of carbonyl (C=O) groups excluding carboxylic acids is 1. The molecule has 6 nitrogen and oxygen atoms in total. The van der Waals surface area contributed by atoms with Gasteiger partial charge in [-0.05, 0) is 40.0 Å². The Hall–Kier alpha value is -2.11. The van der Waals surface area contributed by atoms with E-state index in [1.807, 2.05) is 6.92 Å². The van der Waals surface area contributed by atoms with E-state index in [1.54, 1.807) is 13.8 Å². The van der Waals surface area contributed by atoms with Gasteiger partial charge in [-0.15, -0.1) is 0 Å². The van der Waals surface area contributed by atoms with Gasteiger partial charge in [-0.3, -0.25) is 9.48 Å². The van der Waals surface area contributed by atoms with E-state index < -0.39 is 11.5 Å². The molecule has 1 heterocycles. The first-order valence-corrected chi connectivity index (χ1v) is 6.61. The van der Waals surface area contributed by atoms with Gasteiger partial charge in [-0.1, -0.05) is 5.57 Å². The molecule has 0 saturated carbocycles. The monoisotopic (exact) mass is 277 g/mol. The number of carboxylic acid groups (broad SMARTS) is 1. The van der Waals surface area contributed by atoms with Crippen LogP contribution in [0.4, 0.5) is 5.69 Å². The van der Waals surface area contributed by atoms with E-state index in [0.29, 0.717) is 5.69 Å². The standard InChI is InChI=1S/C14H19N3O3/c1-9-5-4-6-11(9)12(18)16-10-7-15-17(8-10)14(2,3)13(19)20/h7-8H,4-6H2,1-3H3,(H,16,18)(H,19,20). The van der Waals surface area contributed by atoms with Gasteiger partial charge in [0.25, 0.3) is 5.91 Å². The minimum absolute atomic E-state index is 0.118. The summed E-state index contributed by atoms with van der Waals surface area (Å²) in [5, 5.41) is 15.9. The molecule has 0 unspecified atom stereocenters. The number of aromatic nitrogens is 2. The highest BCUT2D eigenvalue weighted by Gasteiger charge is 2.30. The van der Waals surface area contributed by atoms with Gasteiger partial charge in [0.1, 0.15) is 0 Å². The molecule has 0 aliphatic heterocycles. The lowest BCUT2D eigenvalue weighted by Gasteiger charge is -2.19. The van der Waals surface area contributed by atoms with Gasteiger partial charge in [-0.2, -0.15) is 5.10 Å². The van der Waals surface area contributed by atoms with Crippen LogP contribution in [-0.2, 0) is 15.1 Å². The SMILES string of the molecule is CC1=C(C(=O)Nc2cnn(C(C)(C)C(=O)O)c2)CCC1. The van der Waals surface area contributed by atoms with E-state index >= 15 is 0 Å². The predicted molar refractivity (Wildman–Crippen MR) is 74.4 cm³/mol. The van der Waals surface area contributed by atoms with E-state index in [2.05, 4.69) is 10.4 Å². The Morgan fingerprint density at radius 2 is 2.10 bits per heavy atom. The summed E-state index contributed by atoms with van der Waals surface area (Å²) in [5.41, 5.74) is 1.32. The summed E-state index contributed by atoms with van der Waals surface area (Å²) >= 11 is 0. The van der Waals surface area contributed by atoms with Crippen molar-refractivity contribution in [2.24, 2.45) is 0 Å². The lowest BCUT2D eigenvalue weighted by Crippen LogP contribution is -2.35. The van der Waals surface area contributed by atoms with Crippen LogP contribution in [0.1, 0.15) is 40.0 Å². The fourth-order valence-corrected chi connectivity index (χ4v) is 2.20. The number of amides is 1. The topological polar surface area (TPSA) is 84.2 Å². The molecule has 6 heteroatoms. The first-order chi connectivity index (χ1) is 9.32. The predicted octanol–water partition coefficient (Wildman–Crippen LogP) is 2.14. The van der Waals surface area contributed by atoms with E-state index in [0.717, 1.165) is 30.4 Å². The molecular weight excluding hydrogens is 258 g/mol. The molecule has 2 rings (SSSR count). The first kappa shape index (κ1) is 14.3. The summed E-state index contributed by atoms with van der Waals surface area (Å²) in [6.45, 7) is 5.08. The number of rotatable bonds is 4. The van der Waals surface area contributed by atoms with Gasteiger partial charge in [-0.25, -0.2) is 4.79 Å². The largest absolute Gasteiger partial charge is 0.479 e. The van der Waals surface area contributed by atoms with Crippen molar-refractivity contribution in [2.45, 2.75) is 45.6 Å². The fourth-order valence-electron chi connectivity index (χ4n) is 2.20. The number of allylic oxidation sites excluding steroid dienone is 1. The van der Waals surface area contributed by atoms with Crippen LogP contribution in [0.5, 0.6) is 0 Å². The van der Waals surface area contributed by atoms with Crippen LogP contribution in [0.3, 0.4) is 0 Å². The molecule has 0 radical (unpaired) electrons. The summed E-state index contributed by atoms with van der Waals surface area (Å²) < 4.78 is 1.33. The number of carboxylic acids is 1. The molecule has 108 valence electrons. The third kappa shape index (κ3) is 2.59. The zero-order valence-corrected chi connectivity index (χ0v) is 11.9. The normalized spacial score (nSPS) is 15.6. The zero-order chi connectivity index (χ0) is 14.9. The summed E-state index contributed by atoms with van der Waals surface area (Å²) in [4.78, 5) is 23.2. The van der Waals surface area contributed by atoms with Crippen LogP contribution in [0.25, 0.3) is 0 Å². The Kier molecular flexibility index (Phi) is 3.65. The quantitative estimate of drug-likeness (QED) is 0.883. The van der Waals surface area contributed by atoms with Crippen molar-refractivity contribution in [2.75, 3.05) is 5.32 Å². The van der Waals surface area contributed by atoms with Crippen molar-refractivity contribution in [3.8, 4) is 0 Å². The maximum Gasteiger partial charge on any atom is 0.331 e. The Labute approximate surface area is 117 Å². The highest BCUT2D eigenvalue weighted by molar-refractivity contribution is 6.04. The van der Waals surface area contributed by atoms with Gasteiger partial charge < -0.3 is 10.4 Å². The van der Waals surface area contributed by atoms with Crippen molar-refractivity contribution in [3.05, 3.63) is 23.5 Å². The summed E-state index contributed by atoms with van der Waals surface area (Å²) in [7, 11) is 0. The molecule has 2 N–H and O–H groups in total. The van der Waals surface area contributed by atoms with Gasteiger partial charge in [0.2, 0.25) is 0 Å². The summed E-state index contributed by atoms with van der Waals surface area (Å²) in [6, 6.07) is 0. The highest BCUT2D eigenvalue weighted by Crippen LogP contribution is 2.26. The van der Waals surface area contributed by atoms with Crippen molar-refractivity contribution in [3.63, 3.8) is 0 Å². The molecule has 0 saturated heterocycles. The molecule has 1 aliphatic carbocycles. The van der Waals surface area contributed by atoms with Gasteiger partial charge in [0.15, 0.2) is 5.54 Å². The van der Waals surface area contributed by atoms with E-state index in [1.165, 1.54) is 17.1 Å². The zero-order valence-electron chi connectivity index (χ0n) is 11.9. The third-order valence-electron chi connectivity index (χ3n) is 3.70. The van der Waals surface area contributed by atoms with Crippen LogP contribution in [-0.4, -0.2) is 26.8 Å². The van der Waals surface area contributed by atoms with Crippen molar-refractivity contribution >= 4 is 17.6 Å². The van der Waals surface area contributed by atoms with Crippen LogP contribution in [0, 0.1) is 0 Å². The Morgan fingerprint density at radius 3 is 2.65 bits per heavy atom. The number of hydrogen-bond acceptors (Lipinski definition) is 3. The summed E-state index contributed by atoms with van der Waals surface area (Å²) in [5.74, 6) is -1.10. The lowest BCUT2D eigenvalue weighted by molar-refractivity contribution is -0.146. The second kappa shape index (κ2) is 5.11. The highest BCUT2D eigenvalue weighted by atomic mass is 16.4. The number of carbonyl (C=O) groups is 2. The smallest absolute Gasteiger partial charge is 0.331 e. The van der Waals surface area contributed by atoms with Crippen molar-refractivity contribution in [1.29, 1.82) is 0 Å². The molecule has 0 spiro atoms. The maximum absolute atomic E-state index is 12.1. The van der Waals surface area contributed by atoms with Crippen LogP contribution >= 0.6 is 0 Å². The van der Waals surface area contributed by atoms with Crippen molar-refractivity contribution < 1.29 is 14.7 Å². The van der Waals surface area contributed by atoms with Gasteiger partial charge in [0, 0.05) is 11.8 Å². The Balaban J connectivity index is 2.13. The first-order valence-electron chi connectivity index (χ1n) is 6.61. The maximum atomic E-state index is 12.1. The minimum Gasteiger partial charge on any atom is -0.479 e. The second-order valence-electron chi connectivity index (χ2n) is 5.60. The van der Waals surface area contributed by atoms with Crippen LogP contribution in [0.15, 0.2) is 23.5 Å². The molecule has 1 aromatic rings. The molecule has 1 aliphatic rings. The van der Waals surface area contributed by atoms with Gasteiger partial charge in [0.05, 0.1) is 11.9 Å². The molecule has 0 bridgehead atoms. The summed E-state index contributed by atoms with van der Waals surface area (Å²) in [6.07, 6.45) is 5.78. The van der Waals surface area contributed by atoms with Crippen molar-refractivity contribution in [1.82, 2.24) is 9.78 Å². The Bertz CT molecular complexity index is 584. The third-order valence-corrected chi connectivity index (χ3v) is 3.70. The number of aliphatic carboxylic acids is 1. The number of hydrogen-bond donors (Lipinski definition) is 2. The molecule has 0 fully saturated rings. The van der Waals surface area contributed by atoms with E-state index in [9.17, 15) is 9.59 Å². The van der Waals surface area contributed by atoms with E-state index in [-0.39, 0.29) is 5.91 Å². The molecular formula is C14H19N3O3. The average Bonchev–Trinajstić information content (AvgIpc) is 2.97. The molecule has 1 amide bonds. The number of nitrogens with zero attached hydrogens (tertiary/aromatic N) is 2. The molecule has 1 aromatic heterocycles. The fraction of sp³-hybridized carbons (Fsp3) is 0.500. The van der Waals surface area contributed by atoms with Crippen LogP contribution < -0.4 is 5.32 Å². The molecule has 0 aromatic carbocycles. The van der Waals surface area contributed by atoms with E-state index in [4.69, 9.17) is 5.11 Å². The molecule has 0 atom stereocenters. The van der Waals surface area contributed by atoms with Gasteiger partial charge >= 0.3 is 5.97 Å². The lowest BCUT2D eigenvalue weighted by atomic mass is 10.1. The second-order valence-corrected chi connectivity index (χ2v) is 5.60.